The van der Waals surface area contributed by atoms with Crippen molar-refractivity contribution >= 4 is 45.8 Å². The summed E-state index contributed by atoms with van der Waals surface area (Å²) in [5, 5.41) is 4.79. The van der Waals surface area contributed by atoms with Gasteiger partial charge in [0.1, 0.15) is 12.3 Å². The molecule has 3 heterocycles. The molecule has 0 spiro atoms. The standard InChI is InChI=1S/C24H20N4O5S/c1-2-9-27-18-10-14(7-8-19(18)33-12-21(27)30)17-13-34-24(25-17)26-20(29)11-28-22(31)15-5-3-4-6-16(15)23(28)32/h3-8,10,13H,2,9,11-12H2,1H3,(H,25,26,29). The summed E-state index contributed by atoms with van der Waals surface area (Å²) in [5.74, 6) is -0.947. The molecule has 10 heteroatoms. The van der Waals surface area contributed by atoms with Crippen LogP contribution in [0.3, 0.4) is 0 Å². The highest BCUT2D eigenvalue weighted by molar-refractivity contribution is 7.14. The number of aromatic nitrogens is 1. The average Bonchev–Trinajstić information content (AvgIpc) is 3.40. The minimum atomic E-state index is -0.519. The van der Waals surface area contributed by atoms with Gasteiger partial charge in [0.25, 0.3) is 17.7 Å². The van der Waals surface area contributed by atoms with E-state index in [-0.39, 0.29) is 12.5 Å². The lowest BCUT2D eigenvalue weighted by Crippen LogP contribution is -2.39. The normalized spacial score (nSPS) is 14.7. The van der Waals surface area contributed by atoms with Gasteiger partial charge in [0.05, 0.1) is 22.5 Å². The van der Waals surface area contributed by atoms with Crippen LogP contribution in [0.15, 0.2) is 47.8 Å². The number of fused-ring (bicyclic) bond motifs is 2. The third-order valence-corrected chi connectivity index (χ3v) is 6.33. The van der Waals surface area contributed by atoms with Crippen LogP contribution < -0.4 is 15.0 Å². The number of nitrogens with zero attached hydrogens (tertiary/aromatic N) is 3. The summed E-state index contributed by atoms with van der Waals surface area (Å²) in [7, 11) is 0. The predicted molar refractivity (Wildman–Crippen MR) is 126 cm³/mol. The topological polar surface area (TPSA) is 109 Å². The zero-order valence-electron chi connectivity index (χ0n) is 18.2. The minimum absolute atomic E-state index is 0.0202. The van der Waals surface area contributed by atoms with Crippen molar-refractivity contribution in [3.05, 3.63) is 59.0 Å². The van der Waals surface area contributed by atoms with E-state index in [1.54, 1.807) is 40.6 Å². The zero-order chi connectivity index (χ0) is 23.8. The van der Waals surface area contributed by atoms with Gasteiger partial charge in [-0.15, -0.1) is 11.3 Å². The molecule has 0 bridgehead atoms. The van der Waals surface area contributed by atoms with Gasteiger partial charge in [-0.1, -0.05) is 19.1 Å². The number of imide groups is 1. The van der Waals surface area contributed by atoms with Gasteiger partial charge in [-0.3, -0.25) is 24.1 Å². The molecule has 0 aliphatic carbocycles. The second kappa shape index (κ2) is 8.71. The van der Waals surface area contributed by atoms with Crippen molar-refractivity contribution in [3.8, 4) is 17.0 Å². The molecule has 172 valence electrons. The van der Waals surface area contributed by atoms with Crippen molar-refractivity contribution in [1.82, 2.24) is 9.88 Å². The molecule has 4 amide bonds. The van der Waals surface area contributed by atoms with E-state index in [0.717, 1.165) is 16.9 Å². The Kier molecular flexibility index (Phi) is 5.58. The van der Waals surface area contributed by atoms with Crippen LogP contribution in [0.2, 0.25) is 0 Å². The van der Waals surface area contributed by atoms with Crippen LogP contribution in [0.25, 0.3) is 11.3 Å². The highest BCUT2D eigenvalue weighted by atomic mass is 32.1. The van der Waals surface area contributed by atoms with Crippen LogP contribution in [0.1, 0.15) is 34.1 Å². The van der Waals surface area contributed by atoms with Gasteiger partial charge in [0.15, 0.2) is 11.7 Å². The first kappa shape index (κ1) is 21.8. The Bertz CT molecular complexity index is 1300. The number of amides is 4. The van der Waals surface area contributed by atoms with Gasteiger partial charge in [-0.25, -0.2) is 4.98 Å². The van der Waals surface area contributed by atoms with E-state index in [1.807, 2.05) is 19.1 Å². The summed E-state index contributed by atoms with van der Waals surface area (Å²) in [6.45, 7) is 2.22. The molecule has 9 nitrogen and oxygen atoms in total. The minimum Gasteiger partial charge on any atom is -0.482 e. The van der Waals surface area contributed by atoms with E-state index in [9.17, 15) is 19.2 Å². The van der Waals surface area contributed by atoms with Gasteiger partial charge in [-0.05, 0) is 36.8 Å². The number of hydrogen-bond donors (Lipinski definition) is 1. The Morgan fingerprint density at radius 3 is 2.53 bits per heavy atom. The molecular weight excluding hydrogens is 456 g/mol. The largest absolute Gasteiger partial charge is 0.482 e. The van der Waals surface area contributed by atoms with Crippen LogP contribution >= 0.6 is 11.3 Å². The molecule has 0 fully saturated rings. The van der Waals surface area contributed by atoms with E-state index >= 15 is 0 Å². The van der Waals surface area contributed by atoms with Crippen LogP contribution in [-0.4, -0.2) is 53.2 Å². The number of ether oxygens (including phenoxy) is 1. The SMILES string of the molecule is CCCN1C(=O)COc2ccc(-c3csc(NC(=O)CN4C(=O)c5ccccc5C4=O)n3)cc21. The molecule has 2 aliphatic rings. The van der Waals surface area contributed by atoms with E-state index < -0.39 is 24.3 Å². The Hall–Kier alpha value is -4.05. The lowest BCUT2D eigenvalue weighted by atomic mass is 10.1. The van der Waals surface area contributed by atoms with Gasteiger partial charge in [-0.2, -0.15) is 0 Å². The molecule has 34 heavy (non-hydrogen) atoms. The highest BCUT2D eigenvalue weighted by Gasteiger charge is 2.36. The summed E-state index contributed by atoms with van der Waals surface area (Å²) in [6.07, 6.45) is 0.815. The van der Waals surface area contributed by atoms with Gasteiger partial charge in [0.2, 0.25) is 5.91 Å². The quantitative estimate of drug-likeness (QED) is 0.548. The lowest BCUT2D eigenvalue weighted by molar-refractivity contribution is -0.121. The summed E-state index contributed by atoms with van der Waals surface area (Å²) >= 11 is 1.23. The van der Waals surface area contributed by atoms with Crippen LogP contribution in [-0.2, 0) is 9.59 Å². The number of anilines is 2. The first-order valence-electron chi connectivity index (χ1n) is 10.7. The molecule has 1 N–H and O–H groups in total. The summed E-state index contributed by atoms with van der Waals surface area (Å²) in [6, 6.07) is 12.0. The maximum absolute atomic E-state index is 12.5. The first-order valence-corrected chi connectivity index (χ1v) is 11.6. The first-order chi connectivity index (χ1) is 16.5. The maximum Gasteiger partial charge on any atom is 0.265 e. The number of thiazole rings is 1. The molecule has 2 aliphatic heterocycles. The van der Waals surface area contributed by atoms with Crippen molar-refractivity contribution in [2.75, 3.05) is 29.9 Å². The molecule has 0 unspecified atom stereocenters. The summed E-state index contributed by atoms with van der Waals surface area (Å²) in [4.78, 5) is 56.9. The molecule has 3 aromatic rings. The number of hydrogen-bond acceptors (Lipinski definition) is 7. The fraction of sp³-hybridized carbons (Fsp3) is 0.208. The monoisotopic (exact) mass is 476 g/mol. The second-order valence-electron chi connectivity index (χ2n) is 7.84. The molecule has 0 atom stereocenters. The average molecular weight is 477 g/mol. The van der Waals surface area contributed by atoms with Gasteiger partial charge >= 0.3 is 0 Å². The molecule has 0 saturated heterocycles. The molecule has 0 saturated carbocycles. The van der Waals surface area contributed by atoms with Crippen molar-refractivity contribution in [2.24, 2.45) is 0 Å². The lowest BCUT2D eigenvalue weighted by Gasteiger charge is -2.29. The number of benzene rings is 2. The van der Waals surface area contributed by atoms with Crippen molar-refractivity contribution in [1.29, 1.82) is 0 Å². The third kappa shape index (κ3) is 3.81. The molecule has 0 radical (unpaired) electrons. The van der Waals surface area contributed by atoms with Gasteiger partial charge < -0.3 is 15.0 Å². The summed E-state index contributed by atoms with van der Waals surface area (Å²) in [5.41, 5.74) is 2.68. The van der Waals surface area contributed by atoms with Gasteiger partial charge in [0, 0.05) is 17.5 Å². The van der Waals surface area contributed by atoms with E-state index in [4.69, 9.17) is 4.74 Å². The summed E-state index contributed by atoms with van der Waals surface area (Å²) < 4.78 is 5.54. The molecule has 2 aromatic carbocycles. The molecule has 5 rings (SSSR count). The van der Waals surface area contributed by atoms with Crippen molar-refractivity contribution < 1.29 is 23.9 Å². The Labute approximate surface area is 199 Å². The van der Waals surface area contributed by atoms with Crippen molar-refractivity contribution in [3.63, 3.8) is 0 Å². The Balaban J connectivity index is 1.30. The van der Waals surface area contributed by atoms with Crippen molar-refractivity contribution in [2.45, 2.75) is 13.3 Å². The van der Waals surface area contributed by atoms with E-state index in [2.05, 4.69) is 10.3 Å². The third-order valence-electron chi connectivity index (χ3n) is 5.58. The molecule has 1 aromatic heterocycles. The number of nitrogens with one attached hydrogen (secondary N) is 1. The number of carbonyl (C=O) groups is 4. The second-order valence-corrected chi connectivity index (χ2v) is 8.70. The Morgan fingerprint density at radius 1 is 1.09 bits per heavy atom. The van der Waals surface area contributed by atoms with Crippen LogP contribution in [0.4, 0.5) is 10.8 Å². The highest BCUT2D eigenvalue weighted by Crippen LogP contribution is 2.37. The Morgan fingerprint density at radius 2 is 1.82 bits per heavy atom. The van der Waals surface area contributed by atoms with E-state index in [0.29, 0.717) is 39.9 Å². The fourth-order valence-electron chi connectivity index (χ4n) is 3.98. The predicted octanol–water partition coefficient (Wildman–Crippen LogP) is 3.18. The number of carbonyl (C=O) groups excluding carboxylic acids is 4. The van der Waals surface area contributed by atoms with Crippen LogP contribution in [0.5, 0.6) is 5.75 Å². The smallest absolute Gasteiger partial charge is 0.265 e. The molecular formula is C24H20N4O5S. The van der Waals surface area contributed by atoms with Crippen LogP contribution in [0, 0.1) is 0 Å². The number of rotatable bonds is 6. The maximum atomic E-state index is 12.5. The van der Waals surface area contributed by atoms with E-state index in [1.165, 1.54) is 11.3 Å². The zero-order valence-corrected chi connectivity index (χ0v) is 19.1. The fourth-order valence-corrected chi connectivity index (χ4v) is 4.71.